The van der Waals surface area contributed by atoms with E-state index in [1.54, 1.807) is 48.5 Å². The summed E-state index contributed by atoms with van der Waals surface area (Å²) in [5.41, 5.74) is 1.37. The largest absolute Gasteiger partial charge is 0.507 e. The van der Waals surface area contributed by atoms with Crippen LogP contribution in [0, 0.1) is 5.82 Å². The van der Waals surface area contributed by atoms with Gasteiger partial charge in [-0.1, -0.05) is 49.4 Å². The summed E-state index contributed by atoms with van der Waals surface area (Å²) in [6.07, 6.45) is 1.66. The summed E-state index contributed by atoms with van der Waals surface area (Å²) in [6, 6.07) is 17.0. The van der Waals surface area contributed by atoms with Gasteiger partial charge in [-0.15, -0.1) is 0 Å². The SMILES string of the molecule is CCCOc1ccc(C2/C(=C(\O)c3cccc(OCCC)c3)C(=O)C(=O)N2c2nc3ccc(F)cc3s2)cc1. The first-order valence-electron chi connectivity index (χ1n) is 12.7. The second-order valence-corrected chi connectivity index (χ2v) is 10.1. The van der Waals surface area contributed by atoms with E-state index >= 15 is 0 Å². The van der Waals surface area contributed by atoms with Crippen LogP contribution >= 0.6 is 11.3 Å². The number of amides is 1. The Bertz CT molecular complexity index is 1560. The van der Waals surface area contributed by atoms with Gasteiger partial charge in [-0.05, 0) is 60.9 Å². The summed E-state index contributed by atoms with van der Waals surface area (Å²) in [5, 5.41) is 11.7. The first kappa shape index (κ1) is 26.4. The van der Waals surface area contributed by atoms with Crippen LogP contribution < -0.4 is 14.4 Å². The molecular formula is C30H27FN2O5S. The third-order valence-electron chi connectivity index (χ3n) is 6.24. The number of anilines is 1. The van der Waals surface area contributed by atoms with Gasteiger partial charge >= 0.3 is 5.91 Å². The first-order chi connectivity index (χ1) is 18.9. The third-order valence-corrected chi connectivity index (χ3v) is 7.26. The molecule has 5 rings (SSSR count). The van der Waals surface area contributed by atoms with Crippen molar-refractivity contribution >= 4 is 44.1 Å². The van der Waals surface area contributed by atoms with E-state index in [-0.39, 0.29) is 16.5 Å². The number of fused-ring (bicyclic) bond motifs is 1. The lowest BCUT2D eigenvalue weighted by atomic mass is 9.95. The van der Waals surface area contributed by atoms with Crippen molar-refractivity contribution in [3.05, 3.63) is 89.2 Å². The van der Waals surface area contributed by atoms with Gasteiger partial charge in [0.05, 0.1) is 35.0 Å². The summed E-state index contributed by atoms with van der Waals surface area (Å²) in [6.45, 7) is 5.05. The Hall–Kier alpha value is -4.24. The van der Waals surface area contributed by atoms with Crippen LogP contribution in [0.2, 0.25) is 0 Å². The average Bonchev–Trinajstić information content (AvgIpc) is 3.48. The number of aliphatic hydroxyl groups excluding tert-OH is 1. The van der Waals surface area contributed by atoms with Gasteiger partial charge in [0, 0.05) is 5.56 Å². The normalized spacial score (nSPS) is 16.7. The van der Waals surface area contributed by atoms with Gasteiger partial charge in [-0.3, -0.25) is 14.5 Å². The van der Waals surface area contributed by atoms with Gasteiger partial charge in [0.1, 0.15) is 23.1 Å². The molecule has 0 radical (unpaired) electrons. The number of ketones is 1. The molecule has 1 unspecified atom stereocenters. The third kappa shape index (κ3) is 5.22. The standard InChI is InChI=1S/C30H27FN2O5S/c1-3-14-37-21-11-8-18(9-12-21)26-25(27(34)19-6-5-7-22(16-19)38-15-4-2)28(35)29(36)33(26)30-32-23-13-10-20(31)17-24(23)39-30/h5-13,16-17,26,34H,3-4,14-15H2,1-2H3/b27-25+. The molecule has 1 aromatic heterocycles. The highest BCUT2D eigenvalue weighted by atomic mass is 32.1. The summed E-state index contributed by atoms with van der Waals surface area (Å²) >= 11 is 1.10. The smallest absolute Gasteiger partial charge is 0.301 e. The zero-order valence-corrected chi connectivity index (χ0v) is 22.3. The Labute approximate surface area is 229 Å². The lowest BCUT2D eigenvalue weighted by Gasteiger charge is -2.23. The maximum absolute atomic E-state index is 13.9. The minimum absolute atomic E-state index is 0.0692. The molecule has 1 saturated heterocycles. The molecule has 4 aromatic rings. The predicted octanol–water partition coefficient (Wildman–Crippen LogP) is 6.64. The first-order valence-corrected chi connectivity index (χ1v) is 13.6. The number of thiazole rings is 1. The number of ether oxygens (including phenoxy) is 2. The maximum Gasteiger partial charge on any atom is 0.301 e. The van der Waals surface area contributed by atoms with Crippen molar-refractivity contribution in [3.8, 4) is 11.5 Å². The number of benzene rings is 3. The minimum atomic E-state index is -0.962. The number of aromatic nitrogens is 1. The lowest BCUT2D eigenvalue weighted by molar-refractivity contribution is -0.132. The molecule has 0 aliphatic carbocycles. The van der Waals surface area contributed by atoms with E-state index in [4.69, 9.17) is 9.47 Å². The molecule has 0 saturated carbocycles. The molecule has 0 spiro atoms. The lowest BCUT2D eigenvalue weighted by Crippen LogP contribution is -2.29. The number of halogens is 1. The van der Waals surface area contributed by atoms with E-state index in [0.29, 0.717) is 46.1 Å². The highest BCUT2D eigenvalue weighted by molar-refractivity contribution is 7.22. The second-order valence-electron chi connectivity index (χ2n) is 9.07. The summed E-state index contributed by atoms with van der Waals surface area (Å²) in [5.74, 6) is -1.23. The Balaban J connectivity index is 1.64. The molecule has 1 aliphatic rings. The van der Waals surface area contributed by atoms with E-state index < -0.39 is 23.5 Å². The summed E-state index contributed by atoms with van der Waals surface area (Å²) < 4.78 is 25.8. The topological polar surface area (TPSA) is 89.0 Å². The van der Waals surface area contributed by atoms with Crippen LogP contribution in [0.5, 0.6) is 11.5 Å². The van der Waals surface area contributed by atoms with Crippen LogP contribution in [0.3, 0.4) is 0 Å². The zero-order valence-electron chi connectivity index (χ0n) is 21.5. The molecule has 3 aromatic carbocycles. The molecule has 7 nitrogen and oxygen atoms in total. The van der Waals surface area contributed by atoms with Crippen LogP contribution in [-0.4, -0.2) is 35.0 Å². The molecular weight excluding hydrogens is 519 g/mol. The van der Waals surface area contributed by atoms with Crippen molar-refractivity contribution in [1.29, 1.82) is 0 Å². The van der Waals surface area contributed by atoms with Crippen LogP contribution in [0.1, 0.15) is 43.9 Å². The van der Waals surface area contributed by atoms with E-state index in [0.717, 1.165) is 24.2 Å². The fraction of sp³-hybridized carbons (Fsp3) is 0.233. The minimum Gasteiger partial charge on any atom is -0.507 e. The monoisotopic (exact) mass is 546 g/mol. The van der Waals surface area contributed by atoms with Crippen LogP contribution in [0.25, 0.3) is 16.0 Å². The van der Waals surface area contributed by atoms with E-state index in [1.807, 2.05) is 13.8 Å². The van der Waals surface area contributed by atoms with Gasteiger partial charge < -0.3 is 14.6 Å². The maximum atomic E-state index is 13.9. The number of Topliss-reactive ketones (excluding diaryl/α,β-unsaturated/α-hetero) is 1. The number of rotatable bonds is 9. The molecule has 200 valence electrons. The molecule has 39 heavy (non-hydrogen) atoms. The number of carbonyl (C=O) groups is 2. The molecule has 9 heteroatoms. The summed E-state index contributed by atoms with van der Waals surface area (Å²) in [7, 11) is 0. The second kappa shape index (κ2) is 11.2. The Kier molecular flexibility index (Phi) is 7.60. The highest BCUT2D eigenvalue weighted by Gasteiger charge is 2.48. The number of aliphatic hydroxyl groups is 1. The Morgan fingerprint density at radius 2 is 1.69 bits per heavy atom. The quantitative estimate of drug-likeness (QED) is 0.144. The van der Waals surface area contributed by atoms with Crippen LogP contribution in [0.4, 0.5) is 9.52 Å². The van der Waals surface area contributed by atoms with Crippen molar-refractivity contribution < 1.29 is 28.6 Å². The predicted molar refractivity (Wildman–Crippen MR) is 149 cm³/mol. The summed E-state index contributed by atoms with van der Waals surface area (Å²) in [4.78, 5) is 32.7. The van der Waals surface area contributed by atoms with Crippen molar-refractivity contribution in [3.63, 3.8) is 0 Å². The van der Waals surface area contributed by atoms with Gasteiger partial charge in [0.25, 0.3) is 5.78 Å². The van der Waals surface area contributed by atoms with E-state index in [9.17, 15) is 19.1 Å². The Morgan fingerprint density at radius 3 is 2.41 bits per heavy atom. The average molecular weight is 547 g/mol. The van der Waals surface area contributed by atoms with Crippen molar-refractivity contribution in [2.75, 3.05) is 18.1 Å². The molecule has 2 heterocycles. The highest BCUT2D eigenvalue weighted by Crippen LogP contribution is 2.44. The molecule has 1 fully saturated rings. The number of hydrogen-bond donors (Lipinski definition) is 1. The van der Waals surface area contributed by atoms with Crippen molar-refractivity contribution in [2.45, 2.75) is 32.7 Å². The molecule has 1 atom stereocenters. The van der Waals surface area contributed by atoms with Gasteiger partial charge in [0.15, 0.2) is 5.13 Å². The van der Waals surface area contributed by atoms with Crippen molar-refractivity contribution in [1.82, 2.24) is 4.98 Å². The van der Waals surface area contributed by atoms with E-state index in [2.05, 4.69) is 4.98 Å². The number of carbonyl (C=O) groups excluding carboxylic acids is 2. The van der Waals surface area contributed by atoms with Crippen LogP contribution in [-0.2, 0) is 9.59 Å². The number of hydrogen-bond acceptors (Lipinski definition) is 7. The zero-order chi connectivity index (χ0) is 27.5. The number of nitrogens with zero attached hydrogens (tertiary/aromatic N) is 2. The fourth-order valence-electron chi connectivity index (χ4n) is 4.41. The molecule has 1 amide bonds. The molecule has 1 aliphatic heterocycles. The Morgan fingerprint density at radius 1 is 0.974 bits per heavy atom. The molecule has 0 bridgehead atoms. The molecule has 1 N–H and O–H groups in total. The van der Waals surface area contributed by atoms with Crippen LogP contribution in [0.15, 0.2) is 72.3 Å². The fourth-order valence-corrected chi connectivity index (χ4v) is 5.43. The van der Waals surface area contributed by atoms with Crippen molar-refractivity contribution in [2.24, 2.45) is 0 Å². The van der Waals surface area contributed by atoms with E-state index in [1.165, 1.54) is 23.1 Å². The van der Waals surface area contributed by atoms with Gasteiger partial charge in [0.2, 0.25) is 0 Å². The van der Waals surface area contributed by atoms with Gasteiger partial charge in [-0.25, -0.2) is 9.37 Å². The van der Waals surface area contributed by atoms with Gasteiger partial charge in [-0.2, -0.15) is 0 Å².